The first-order valence-electron chi connectivity index (χ1n) is 4.46. The Balaban J connectivity index is 0. The van der Waals surface area contributed by atoms with Gasteiger partial charge in [-0.2, -0.15) is 0 Å². The summed E-state index contributed by atoms with van der Waals surface area (Å²) >= 11 is 0. The first-order valence-corrected chi connectivity index (χ1v) is 6.22. The second kappa shape index (κ2) is 8.93. The molecule has 2 unspecified atom stereocenters. The monoisotopic (exact) mass is 298 g/mol. The maximum atomic E-state index is 11.3. The molecule has 18 heavy (non-hydrogen) atoms. The van der Waals surface area contributed by atoms with Gasteiger partial charge in [0.05, 0.1) is 10.5 Å². The number of carbonyl (C=O) groups is 2. The van der Waals surface area contributed by atoms with Crippen molar-refractivity contribution >= 4 is 52.0 Å². The summed E-state index contributed by atoms with van der Waals surface area (Å²) in [6, 6.07) is 0. The van der Waals surface area contributed by atoms with Crippen LogP contribution >= 0.6 is 0 Å². The van der Waals surface area contributed by atoms with Crippen LogP contribution < -0.4 is 0 Å². The van der Waals surface area contributed by atoms with Crippen LogP contribution in [0.3, 0.4) is 0 Å². The molecular weight excluding hydrogens is 283 g/mol. The first kappa shape index (κ1) is 20.3. The van der Waals surface area contributed by atoms with E-state index in [-0.39, 0.29) is 36.0 Å². The number of carboxylic acids is 2. The summed E-state index contributed by atoms with van der Waals surface area (Å²) in [5.74, 6) is -4.31. The molecule has 0 aromatic carbocycles. The van der Waals surface area contributed by atoms with Crippen LogP contribution in [-0.4, -0.2) is 95.3 Å². The van der Waals surface area contributed by atoms with Gasteiger partial charge in [-0.3, -0.25) is 4.18 Å². The van der Waals surface area contributed by atoms with Crippen molar-refractivity contribution < 1.29 is 43.0 Å². The summed E-state index contributed by atoms with van der Waals surface area (Å²) in [7, 11) is -4.38. The molecule has 104 valence electrons. The summed E-state index contributed by atoms with van der Waals surface area (Å²) < 4.78 is 24.6. The number of hydrogen-bond donors (Lipinski definition) is 6. The average Bonchev–Trinajstić information content (AvgIpc) is 2.21. The Bertz CT molecular complexity index is 333. The number of aliphatic hydroxyl groups excluding tert-OH is 2. The van der Waals surface area contributed by atoms with Gasteiger partial charge in [0.25, 0.3) is 0 Å². The Morgan fingerprint density at radius 2 is 1.72 bits per heavy atom. The van der Waals surface area contributed by atoms with Gasteiger partial charge in [0, 0.05) is 12.4 Å². The minimum absolute atomic E-state index is 0. The normalized spacial score (nSPS) is 15.3. The molecule has 0 aromatic rings. The summed E-state index contributed by atoms with van der Waals surface area (Å²) in [6.45, 7) is -0.410. The predicted molar refractivity (Wildman–Crippen MR) is 62.0 cm³/mol. The van der Waals surface area contributed by atoms with Gasteiger partial charge in [-0.15, -0.1) is 0 Å². The van der Waals surface area contributed by atoms with E-state index in [1.165, 1.54) is 0 Å². The molecule has 0 amide bonds. The van der Waals surface area contributed by atoms with E-state index in [0.29, 0.717) is 0 Å². The fourth-order valence-corrected chi connectivity index (χ4v) is 2.07. The Morgan fingerprint density at radius 3 is 2.06 bits per heavy atom. The van der Waals surface area contributed by atoms with Gasteiger partial charge in [0.2, 0.25) is 6.10 Å². The molecule has 2 atom stereocenters. The van der Waals surface area contributed by atoms with Crippen molar-refractivity contribution in [2.75, 3.05) is 12.4 Å². The zero-order valence-corrected chi connectivity index (χ0v) is 9.49. The molecule has 0 aliphatic carbocycles. The standard InChI is InChI=1S/C7H14O9S.Na.H/c8-2-1-3-17(14,15)16-5(7(12)13)4(9)6(10)11;;/h4-5,8-9,17H,1-3H2,(H,10,11)(H,12,13)(H,14,15);;. The predicted octanol–water partition coefficient (Wildman–Crippen LogP) is -2.96. The zero-order valence-electron chi connectivity index (χ0n) is 8.59. The summed E-state index contributed by atoms with van der Waals surface area (Å²) in [4.78, 5) is 20.9. The van der Waals surface area contributed by atoms with Gasteiger partial charge in [0.1, 0.15) is 0 Å². The van der Waals surface area contributed by atoms with Crippen LogP contribution in [0.1, 0.15) is 6.42 Å². The van der Waals surface area contributed by atoms with Gasteiger partial charge in [-0.05, 0) is 6.42 Å². The van der Waals surface area contributed by atoms with E-state index in [9.17, 15) is 13.8 Å². The van der Waals surface area contributed by atoms with E-state index in [1.807, 2.05) is 0 Å². The third-order valence-corrected chi connectivity index (χ3v) is 3.10. The molecule has 0 spiro atoms. The molecule has 0 aromatic heterocycles. The molecule has 0 heterocycles. The molecule has 0 radical (unpaired) electrons. The maximum absolute atomic E-state index is 11.3. The van der Waals surface area contributed by atoms with Crippen LogP contribution in [0.25, 0.3) is 0 Å². The van der Waals surface area contributed by atoms with Crippen molar-refractivity contribution in [3.8, 4) is 0 Å². The van der Waals surface area contributed by atoms with E-state index in [4.69, 9.17) is 25.0 Å². The second-order valence-electron chi connectivity index (χ2n) is 3.09. The fraction of sp³-hybridized carbons (Fsp3) is 0.714. The summed E-state index contributed by atoms with van der Waals surface area (Å²) in [5, 5.41) is 34.3. The SMILES string of the molecule is O=C(O)C(O)C(O[SH](=O)(O)CCCO)C(=O)O.[NaH]. The third kappa shape index (κ3) is 7.38. The van der Waals surface area contributed by atoms with Gasteiger partial charge < -0.3 is 25.0 Å². The van der Waals surface area contributed by atoms with E-state index >= 15 is 0 Å². The number of rotatable bonds is 8. The van der Waals surface area contributed by atoms with Crippen LogP contribution in [0.4, 0.5) is 0 Å². The molecule has 0 aliphatic rings. The van der Waals surface area contributed by atoms with Gasteiger partial charge in [-0.25, -0.2) is 13.8 Å². The fourth-order valence-electron chi connectivity index (χ4n) is 0.868. The average molecular weight is 298 g/mol. The molecule has 0 fully saturated rings. The van der Waals surface area contributed by atoms with Gasteiger partial charge in [-0.1, -0.05) is 0 Å². The first-order chi connectivity index (χ1) is 7.71. The molecule has 5 N–H and O–H groups in total. The van der Waals surface area contributed by atoms with Crippen molar-refractivity contribution in [1.29, 1.82) is 0 Å². The van der Waals surface area contributed by atoms with Crippen LogP contribution in [0.15, 0.2) is 0 Å². The van der Waals surface area contributed by atoms with Crippen molar-refractivity contribution in [3.63, 3.8) is 0 Å². The van der Waals surface area contributed by atoms with Crippen molar-refractivity contribution in [2.45, 2.75) is 18.6 Å². The molecule has 9 nitrogen and oxygen atoms in total. The summed E-state index contributed by atoms with van der Waals surface area (Å²) in [6.07, 6.45) is -4.92. The quantitative estimate of drug-likeness (QED) is 0.203. The second-order valence-corrected chi connectivity index (χ2v) is 5.02. The Kier molecular flexibility index (Phi) is 10.1. The Morgan fingerprint density at radius 1 is 1.22 bits per heavy atom. The number of aliphatic carboxylic acids is 2. The molecule has 0 saturated carbocycles. The zero-order chi connectivity index (χ0) is 13.6. The molecule has 0 aliphatic heterocycles. The van der Waals surface area contributed by atoms with Crippen LogP contribution in [-0.2, 0) is 24.3 Å². The van der Waals surface area contributed by atoms with E-state index in [0.717, 1.165) is 0 Å². The molecule has 11 heteroatoms. The van der Waals surface area contributed by atoms with Crippen molar-refractivity contribution in [2.24, 2.45) is 0 Å². The van der Waals surface area contributed by atoms with Crippen LogP contribution in [0.5, 0.6) is 0 Å². The molecular formula is C7H15NaO9S. The Labute approximate surface area is 126 Å². The van der Waals surface area contributed by atoms with Gasteiger partial charge in [0.15, 0.2) is 6.10 Å². The van der Waals surface area contributed by atoms with Crippen LogP contribution in [0.2, 0.25) is 0 Å². The van der Waals surface area contributed by atoms with E-state index < -0.39 is 47.0 Å². The van der Waals surface area contributed by atoms with Gasteiger partial charge >= 0.3 is 41.5 Å². The number of carboxylic acid groups (broad SMARTS) is 2. The number of hydrogen-bond acceptors (Lipinski definition) is 6. The number of aliphatic hydroxyl groups is 2. The van der Waals surface area contributed by atoms with Crippen molar-refractivity contribution in [3.05, 3.63) is 0 Å². The molecule has 0 saturated heterocycles. The van der Waals surface area contributed by atoms with E-state index in [1.54, 1.807) is 0 Å². The summed E-state index contributed by atoms with van der Waals surface area (Å²) in [5.41, 5.74) is 0. The van der Waals surface area contributed by atoms with E-state index in [2.05, 4.69) is 4.18 Å². The molecule has 0 bridgehead atoms. The van der Waals surface area contributed by atoms with Crippen LogP contribution in [0, 0.1) is 0 Å². The Hall–Kier alpha value is -0.0700. The van der Waals surface area contributed by atoms with Crippen molar-refractivity contribution in [1.82, 2.24) is 0 Å². The third-order valence-electron chi connectivity index (χ3n) is 1.66. The topological polar surface area (TPSA) is 162 Å². The minimum atomic E-state index is -4.38. The molecule has 0 rings (SSSR count). The number of thiol groups is 1.